The Hall–Kier alpha value is -3.16. The van der Waals surface area contributed by atoms with Crippen LogP contribution in [0.2, 0.25) is 0 Å². The molecule has 114 valence electrons. The second kappa shape index (κ2) is 7.02. The van der Waals surface area contributed by atoms with Crippen LogP contribution in [0.25, 0.3) is 11.5 Å². The van der Waals surface area contributed by atoms with Gasteiger partial charge in [-0.3, -0.25) is 14.5 Å². The van der Waals surface area contributed by atoms with Crippen molar-refractivity contribution >= 4 is 17.9 Å². The highest BCUT2D eigenvalue weighted by Crippen LogP contribution is 2.16. The van der Waals surface area contributed by atoms with Gasteiger partial charge in [0.05, 0.1) is 11.9 Å². The van der Waals surface area contributed by atoms with E-state index >= 15 is 0 Å². The molecule has 0 radical (unpaired) electrons. The van der Waals surface area contributed by atoms with Crippen molar-refractivity contribution in [1.82, 2.24) is 19.7 Å². The number of oxazole rings is 1. The zero-order valence-corrected chi connectivity index (χ0v) is 12.2. The number of hydrogen-bond donors (Lipinski definition) is 2. The number of nitrogens with two attached hydrogens (primary N) is 1. The Labute approximate surface area is 127 Å². The summed E-state index contributed by atoms with van der Waals surface area (Å²) in [5.41, 5.74) is 7.76. The van der Waals surface area contributed by atoms with Crippen molar-refractivity contribution in [3.05, 3.63) is 42.7 Å². The highest BCUT2D eigenvalue weighted by Gasteiger charge is 2.02. The van der Waals surface area contributed by atoms with Crippen LogP contribution in [0.15, 0.2) is 41.4 Å². The van der Waals surface area contributed by atoms with E-state index in [4.69, 9.17) is 10.2 Å². The van der Waals surface area contributed by atoms with Gasteiger partial charge in [0.25, 0.3) is 0 Å². The fraction of sp³-hybridized carbons (Fsp3) is 0.143. The molecule has 0 atom stereocenters. The largest absolute Gasteiger partial charge is 0.444 e. The highest BCUT2D eigenvalue weighted by molar-refractivity contribution is 5.77. The van der Waals surface area contributed by atoms with E-state index < -0.39 is 0 Å². The van der Waals surface area contributed by atoms with Gasteiger partial charge in [0.15, 0.2) is 5.82 Å². The molecule has 0 aliphatic carbocycles. The van der Waals surface area contributed by atoms with Crippen molar-refractivity contribution < 1.29 is 9.21 Å². The first kappa shape index (κ1) is 15.2. The van der Waals surface area contributed by atoms with Crippen molar-refractivity contribution in [2.75, 3.05) is 11.1 Å². The molecule has 0 saturated carbocycles. The maximum atomic E-state index is 9.93. The quantitative estimate of drug-likeness (QED) is 0.711. The first-order valence-electron chi connectivity index (χ1n) is 6.42. The molecule has 0 unspecified atom stereocenters. The molecule has 3 aromatic rings. The summed E-state index contributed by atoms with van der Waals surface area (Å²) >= 11 is 0. The van der Waals surface area contributed by atoms with E-state index in [0.717, 1.165) is 11.3 Å². The lowest BCUT2D eigenvalue weighted by atomic mass is 10.3. The fourth-order valence-electron chi connectivity index (χ4n) is 1.66. The monoisotopic (exact) mass is 300 g/mol. The molecule has 8 heteroatoms. The first-order valence-corrected chi connectivity index (χ1v) is 6.42. The summed E-state index contributed by atoms with van der Waals surface area (Å²) in [6.45, 7) is 1.90. The van der Waals surface area contributed by atoms with Gasteiger partial charge in [-0.1, -0.05) is 0 Å². The van der Waals surface area contributed by atoms with E-state index in [-0.39, 0.29) is 0 Å². The maximum absolute atomic E-state index is 9.93. The molecule has 1 amide bonds. The number of anilines is 2. The lowest BCUT2D eigenvalue weighted by Crippen LogP contribution is -1.96. The zero-order valence-electron chi connectivity index (χ0n) is 12.2. The normalized spacial score (nSPS) is 9.73. The van der Waals surface area contributed by atoms with Crippen LogP contribution < -0.4 is 11.1 Å². The Morgan fingerprint density at radius 2 is 2.09 bits per heavy atom. The fourth-order valence-corrected chi connectivity index (χ4v) is 1.66. The molecule has 3 aromatic heterocycles. The van der Waals surface area contributed by atoms with Crippen molar-refractivity contribution in [3.63, 3.8) is 0 Å². The van der Waals surface area contributed by atoms with E-state index in [1.807, 2.05) is 19.1 Å². The van der Waals surface area contributed by atoms with Gasteiger partial charge in [-0.05, 0) is 19.1 Å². The molecule has 8 nitrogen and oxygen atoms in total. The van der Waals surface area contributed by atoms with Crippen LogP contribution in [-0.4, -0.2) is 26.2 Å². The van der Waals surface area contributed by atoms with Crippen LogP contribution in [0.3, 0.4) is 0 Å². The second-order valence-electron chi connectivity index (χ2n) is 4.39. The average molecular weight is 300 g/mol. The lowest BCUT2D eigenvalue weighted by Gasteiger charge is -1.90. The maximum Gasteiger partial charge on any atom is 0.226 e. The number of nitrogens with zero attached hydrogens (tertiary/aromatic N) is 4. The third-order valence-electron chi connectivity index (χ3n) is 2.62. The molecule has 3 heterocycles. The Morgan fingerprint density at radius 1 is 1.36 bits per heavy atom. The van der Waals surface area contributed by atoms with Crippen molar-refractivity contribution in [3.8, 4) is 11.5 Å². The molecule has 22 heavy (non-hydrogen) atoms. The first-order chi connectivity index (χ1) is 10.6. The van der Waals surface area contributed by atoms with Crippen molar-refractivity contribution in [2.24, 2.45) is 7.05 Å². The van der Waals surface area contributed by atoms with E-state index in [2.05, 4.69) is 20.4 Å². The standard InChI is InChI=1S/C9H8N2O.C5H8N4O/c1-7-6-12-9(11-7)8-2-4-10-5-3-8;1-9-2-4(7-3-10)5(6)8-9/h2-6H,1H3;2-3H,1H3,(H2,6,8)(H,7,10). The van der Waals surface area contributed by atoms with Gasteiger partial charge in [0.2, 0.25) is 12.3 Å². The number of amides is 1. The number of hydrogen-bond acceptors (Lipinski definition) is 6. The SMILES string of the molecule is Cc1coc(-c2ccncc2)n1.Cn1cc(NC=O)c(N)n1. The molecule has 0 fully saturated rings. The summed E-state index contributed by atoms with van der Waals surface area (Å²) in [5.74, 6) is 0.976. The Morgan fingerprint density at radius 3 is 2.59 bits per heavy atom. The smallest absolute Gasteiger partial charge is 0.226 e. The molecule has 3 N–H and O–H groups in total. The molecule has 0 aromatic carbocycles. The summed E-state index contributed by atoms with van der Waals surface area (Å²) in [6, 6.07) is 3.73. The van der Waals surface area contributed by atoms with Crippen LogP contribution in [-0.2, 0) is 11.8 Å². The van der Waals surface area contributed by atoms with E-state index in [1.54, 1.807) is 31.9 Å². The molecular weight excluding hydrogens is 284 g/mol. The van der Waals surface area contributed by atoms with Crippen LogP contribution >= 0.6 is 0 Å². The van der Waals surface area contributed by atoms with Gasteiger partial charge in [-0.2, -0.15) is 5.10 Å². The van der Waals surface area contributed by atoms with Gasteiger partial charge < -0.3 is 15.5 Å². The molecule has 0 aliphatic heterocycles. The van der Waals surface area contributed by atoms with Gasteiger partial charge in [-0.25, -0.2) is 4.98 Å². The van der Waals surface area contributed by atoms with Crippen LogP contribution in [0.4, 0.5) is 11.5 Å². The van der Waals surface area contributed by atoms with Crippen LogP contribution in [0.5, 0.6) is 0 Å². The molecule has 0 saturated heterocycles. The number of aryl methyl sites for hydroxylation is 2. The zero-order chi connectivity index (χ0) is 15.9. The van der Waals surface area contributed by atoms with E-state index in [9.17, 15) is 4.79 Å². The molecule has 0 aliphatic rings. The summed E-state index contributed by atoms with van der Waals surface area (Å²) in [5, 5.41) is 6.21. The third kappa shape index (κ3) is 3.92. The van der Waals surface area contributed by atoms with Crippen molar-refractivity contribution in [1.29, 1.82) is 0 Å². The number of aromatic nitrogens is 4. The highest BCUT2D eigenvalue weighted by atomic mass is 16.3. The minimum atomic E-state index is 0.328. The number of carbonyl (C=O) groups is 1. The summed E-state index contributed by atoms with van der Waals surface area (Å²) in [7, 11) is 1.73. The Kier molecular flexibility index (Phi) is 4.86. The van der Waals surface area contributed by atoms with Gasteiger partial charge in [-0.15, -0.1) is 0 Å². The number of carbonyl (C=O) groups excluding carboxylic acids is 1. The molecule has 3 rings (SSSR count). The number of nitrogen functional groups attached to an aromatic ring is 1. The van der Waals surface area contributed by atoms with E-state index in [0.29, 0.717) is 23.8 Å². The van der Waals surface area contributed by atoms with Gasteiger partial charge >= 0.3 is 0 Å². The predicted octanol–water partition coefficient (Wildman–Crippen LogP) is 1.62. The minimum absolute atomic E-state index is 0.328. The number of pyridine rings is 1. The third-order valence-corrected chi connectivity index (χ3v) is 2.62. The summed E-state index contributed by atoms with van der Waals surface area (Å²) in [4.78, 5) is 18.0. The summed E-state index contributed by atoms with van der Waals surface area (Å²) < 4.78 is 6.74. The van der Waals surface area contributed by atoms with Crippen LogP contribution in [0, 0.1) is 6.92 Å². The average Bonchev–Trinajstić information content (AvgIpc) is 3.07. The number of nitrogens with one attached hydrogen (secondary N) is 1. The van der Waals surface area contributed by atoms with Gasteiger partial charge in [0.1, 0.15) is 12.0 Å². The molecule has 0 bridgehead atoms. The van der Waals surface area contributed by atoms with Gasteiger partial charge in [0, 0.05) is 25.0 Å². The summed E-state index contributed by atoms with van der Waals surface area (Å²) in [6.07, 6.45) is 7.26. The molecular formula is C14H16N6O2. The predicted molar refractivity (Wildman–Crippen MR) is 81.8 cm³/mol. The lowest BCUT2D eigenvalue weighted by molar-refractivity contribution is -0.105. The second-order valence-corrected chi connectivity index (χ2v) is 4.39. The topological polar surface area (TPSA) is 112 Å². The Bertz CT molecular complexity index is 735. The van der Waals surface area contributed by atoms with Crippen molar-refractivity contribution in [2.45, 2.75) is 6.92 Å². The Balaban J connectivity index is 0.000000164. The van der Waals surface area contributed by atoms with E-state index in [1.165, 1.54) is 4.68 Å². The number of rotatable bonds is 3. The van der Waals surface area contributed by atoms with Crippen LogP contribution in [0.1, 0.15) is 5.69 Å². The minimum Gasteiger partial charge on any atom is -0.444 e. The molecule has 0 spiro atoms.